The molecule has 0 saturated carbocycles. The average molecular weight is 368 g/mol. The lowest BCUT2D eigenvalue weighted by Gasteiger charge is -2.09. The van der Waals surface area contributed by atoms with Gasteiger partial charge in [-0.1, -0.05) is 37.4 Å². The van der Waals surface area contributed by atoms with E-state index in [1.54, 1.807) is 50.2 Å². The second kappa shape index (κ2) is 8.94. The Bertz CT molecular complexity index is 882. The van der Waals surface area contributed by atoms with Crippen LogP contribution in [-0.2, 0) is 20.7 Å². The summed E-state index contributed by atoms with van der Waals surface area (Å²) in [5.41, 5.74) is 2.55. The Morgan fingerprint density at radius 2 is 1.52 bits per heavy atom. The highest BCUT2D eigenvalue weighted by molar-refractivity contribution is 5.88. The summed E-state index contributed by atoms with van der Waals surface area (Å²) in [5, 5.41) is 0. The molecule has 0 heterocycles. The lowest BCUT2D eigenvalue weighted by Crippen LogP contribution is -2.08. The van der Waals surface area contributed by atoms with Gasteiger partial charge in [0, 0.05) is 17.6 Å². The van der Waals surface area contributed by atoms with Gasteiger partial charge in [0.15, 0.2) is 0 Å². The highest BCUT2D eigenvalue weighted by Crippen LogP contribution is 2.25. The van der Waals surface area contributed by atoms with Gasteiger partial charge < -0.3 is 9.47 Å². The minimum atomic E-state index is -0.495. The predicted octanol–water partition coefficient (Wildman–Crippen LogP) is 4.64. The molecule has 0 unspecified atom stereocenters. The highest BCUT2D eigenvalue weighted by Gasteiger charge is 2.09. The zero-order chi connectivity index (χ0) is 20.0. The van der Waals surface area contributed by atoms with Crippen LogP contribution in [0, 0.1) is 5.82 Å². The van der Waals surface area contributed by atoms with Gasteiger partial charge >= 0.3 is 11.9 Å². The van der Waals surface area contributed by atoms with E-state index < -0.39 is 11.9 Å². The Labute approximate surface area is 157 Å². The van der Waals surface area contributed by atoms with Crippen LogP contribution in [0.1, 0.15) is 19.4 Å². The van der Waals surface area contributed by atoms with Crippen molar-refractivity contribution < 1.29 is 23.5 Å². The van der Waals surface area contributed by atoms with Crippen molar-refractivity contribution in [2.45, 2.75) is 20.3 Å². The van der Waals surface area contributed by atoms with Crippen LogP contribution in [0.15, 0.2) is 66.8 Å². The second-order valence-corrected chi connectivity index (χ2v) is 6.17. The van der Waals surface area contributed by atoms with Crippen LogP contribution >= 0.6 is 0 Å². The lowest BCUT2D eigenvalue weighted by molar-refractivity contribution is -0.138. The van der Waals surface area contributed by atoms with Crippen LogP contribution in [-0.4, -0.2) is 18.5 Å². The topological polar surface area (TPSA) is 52.6 Å². The van der Waals surface area contributed by atoms with Gasteiger partial charge in [-0.15, -0.1) is 0 Å². The number of halogens is 1. The SMILES string of the molecule is C=C(C)C(=O)OCCc1ccc(-c2ccc(OC(=O)C(=C)C)cc2)cc1F. The largest absolute Gasteiger partial charge is 0.462 e. The van der Waals surface area contributed by atoms with Crippen molar-refractivity contribution in [3.63, 3.8) is 0 Å². The van der Waals surface area contributed by atoms with Gasteiger partial charge in [-0.05, 0) is 48.7 Å². The number of carbonyl (C=O) groups excluding carboxylic acids is 2. The summed E-state index contributed by atoms with van der Waals surface area (Å²) in [6.45, 7) is 10.2. The van der Waals surface area contributed by atoms with E-state index in [1.165, 1.54) is 6.07 Å². The first kappa shape index (κ1) is 20.1. The molecule has 2 rings (SSSR count). The molecule has 2 aromatic rings. The molecule has 0 saturated heterocycles. The van der Waals surface area contributed by atoms with Crippen molar-refractivity contribution in [3.8, 4) is 16.9 Å². The maximum atomic E-state index is 14.3. The van der Waals surface area contributed by atoms with E-state index in [0.29, 0.717) is 28.0 Å². The Balaban J connectivity index is 2.04. The second-order valence-electron chi connectivity index (χ2n) is 6.17. The summed E-state index contributed by atoms with van der Waals surface area (Å²) in [5.74, 6) is -0.968. The van der Waals surface area contributed by atoms with E-state index >= 15 is 0 Å². The summed E-state index contributed by atoms with van der Waals surface area (Å²) in [4.78, 5) is 22.8. The Morgan fingerprint density at radius 1 is 0.926 bits per heavy atom. The number of esters is 2. The minimum absolute atomic E-state index is 0.0880. The first-order chi connectivity index (χ1) is 12.8. The molecule has 4 nitrogen and oxygen atoms in total. The molecular weight excluding hydrogens is 347 g/mol. The Hall–Kier alpha value is -3.21. The lowest BCUT2D eigenvalue weighted by atomic mass is 10.0. The molecular formula is C22H21FO4. The molecule has 0 radical (unpaired) electrons. The first-order valence-corrected chi connectivity index (χ1v) is 8.37. The van der Waals surface area contributed by atoms with E-state index in [1.807, 2.05) is 0 Å². The highest BCUT2D eigenvalue weighted by atomic mass is 19.1. The third-order valence-corrected chi connectivity index (χ3v) is 3.75. The summed E-state index contributed by atoms with van der Waals surface area (Å²) in [7, 11) is 0. The maximum Gasteiger partial charge on any atom is 0.338 e. The molecule has 0 amide bonds. The number of hydrogen-bond acceptors (Lipinski definition) is 4. The van der Waals surface area contributed by atoms with Crippen LogP contribution < -0.4 is 4.74 Å². The van der Waals surface area contributed by atoms with Gasteiger partial charge in [0.1, 0.15) is 11.6 Å². The van der Waals surface area contributed by atoms with E-state index in [0.717, 1.165) is 5.56 Å². The van der Waals surface area contributed by atoms with E-state index in [2.05, 4.69) is 13.2 Å². The molecule has 140 valence electrons. The number of benzene rings is 2. The molecule has 5 heteroatoms. The molecule has 0 aromatic heterocycles. The molecule has 0 fully saturated rings. The maximum absolute atomic E-state index is 14.3. The normalized spacial score (nSPS) is 10.2. The van der Waals surface area contributed by atoms with Crippen molar-refractivity contribution >= 4 is 11.9 Å². The first-order valence-electron chi connectivity index (χ1n) is 8.37. The fourth-order valence-electron chi connectivity index (χ4n) is 2.22. The van der Waals surface area contributed by atoms with Crippen molar-refractivity contribution in [1.29, 1.82) is 0 Å². The van der Waals surface area contributed by atoms with E-state index in [-0.39, 0.29) is 18.8 Å². The zero-order valence-electron chi connectivity index (χ0n) is 15.4. The van der Waals surface area contributed by atoms with Crippen molar-refractivity contribution in [2.24, 2.45) is 0 Å². The number of hydrogen-bond donors (Lipinski definition) is 0. The van der Waals surface area contributed by atoms with Gasteiger partial charge in [-0.3, -0.25) is 0 Å². The monoisotopic (exact) mass is 368 g/mol. The standard InChI is InChI=1S/C22H21FO4/c1-14(2)21(24)26-12-11-17-5-6-18(13-20(17)23)16-7-9-19(10-8-16)27-22(25)15(3)4/h5-10,13H,1,3,11-12H2,2,4H3. The van der Waals surface area contributed by atoms with Crippen LogP contribution in [0.3, 0.4) is 0 Å². The molecule has 0 N–H and O–H groups in total. The van der Waals surface area contributed by atoms with Gasteiger partial charge in [-0.2, -0.15) is 0 Å². The number of ether oxygens (including phenoxy) is 2. The summed E-state index contributed by atoms with van der Waals surface area (Å²) in [6.07, 6.45) is 0.279. The minimum Gasteiger partial charge on any atom is -0.462 e. The van der Waals surface area contributed by atoms with Gasteiger partial charge in [0.05, 0.1) is 6.61 Å². The number of carbonyl (C=O) groups is 2. The number of rotatable bonds is 7. The molecule has 27 heavy (non-hydrogen) atoms. The summed E-state index contributed by atoms with van der Waals surface area (Å²) in [6, 6.07) is 11.6. The predicted molar refractivity (Wildman–Crippen MR) is 102 cm³/mol. The third-order valence-electron chi connectivity index (χ3n) is 3.75. The van der Waals surface area contributed by atoms with Crippen molar-refractivity contribution in [2.75, 3.05) is 6.61 Å². The van der Waals surface area contributed by atoms with E-state index in [9.17, 15) is 14.0 Å². The summed E-state index contributed by atoms with van der Waals surface area (Å²) < 4.78 is 24.4. The van der Waals surface area contributed by atoms with E-state index in [4.69, 9.17) is 9.47 Å². The molecule has 0 aliphatic heterocycles. The quantitative estimate of drug-likeness (QED) is 0.406. The fourth-order valence-corrected chi connectivity index (χ4v) is 2.22. The smallest absolute Gasteiger partial charge is 0.338 e. The molecule has 0 aliphatic carbocycles. The molecule has 2 aromatic carbocycles. The van der Waals surface area contributed by atoms with Crippen LogP contribution in [0.5, 0.6) is 5.75 Å². The Morgan fingerprint density at radius 3 is 2.07 bits per heavy atom. The third kappa shape index (κ3) is 5.64. The molecule has 0 aliphatic rings. The molecule has 0 spiro atoms. The van der Waals surface area contributed by atoms with Crippen LogP contribution in [0.2, 0.25) is 0 Å². The van der Waals surface area contributed by atoms with Gasteiger partial charge in [0.25, 0.3) is 0 Å². The summed E-state index contributed by atoms with van der Waals surface area (Å²) >= 11 is 0. The van der Waals surface area contributed by atoms with Crippen LogP contribution in [0.4, 0.5) is 4.39 Å². The van der Waals surface area contributed by atoms with Crippen molar-refractivity contribution in [3.05, 3.63) is 78.1 Å². The molecule has 0 atom stereocenters. The fraction of sp³-hybridized carbons (Fsp3) is 0.182. The Kier molecular flexibility index (Phi) is 6.66. The molecule has 0 bridgehead atoms. The zero-order valence-corrected chi connectivity index (χ0v) is 15.4. The average Bonchev–Trinajstić information content (AvgIpc) is 2.63. The van der Waals surface area contributed by atoms with Crippen LogP contribution in [0.25, 0.3) is 11.1 Å². The van der Waals surface area contributed by atoms with Gasteiger partial charge in [0.2, 0.25) is 0 Å². The van der Waals surface area contributed by atoms with Crippen molar-refractivity contribution in [1.82, 2.24) is 0 Å². The van der Waals surface area contributed by atoms with Gasteiger partial charge in [-0.25, -0.2) is 14.0 Å².